The monoisotopic (exact) mass is 313 g/mol. The molecule has 106 valence electrons. The van der Waals surface area contributed by atoms with Crippen LogP contribution in [0.5, 0.6) is 0 Å². The van der Waals surface area contributed by atoms with Crippen LogP contribution in [-0.2, 0) is 11.0 Å². The minimum absolute atomic E-state index is 0.117. The maximum atomic E-state index is 12.4. The predicted molar refractivity (Wildman–Crippen MR) is 65.6 cm³/mol. The number of carboxylic acids is 1. The second-order valence-corrected chi connectivity index (χ2v) is 5.80. The molecule has 1 atom stereocenters. The maximum absolute atomic E-state index is 12.4. The lowest BCUT2D eigenvalue weighted by atomic mass is 10.2. The number of carbonyl (C=O) groups is 1. The highest BCUT2D eigenvalue weighted by atomic mass is 32.2. The maximum Gasteiger partial charge on any atom is 0.452 e. The number of aliphatic carboxylic acids is 1. The van der Waals surface area contributed by atoms with Gasteiger partial charge in [0.05, 0.1) is 12.5 Å². The zero-order valence-corrected chi connectivity index (χ0v) is 11.2. The van der Waals surface area contributed by atoms with Gasteiger partial charge in [0.2, 0.25) is 11.0 Å². The van der Waals surface area contributed by atoms with E-state index in [9.17, 15) is 18.0 Å². The Morgan fingerprint density at radius 1 is 1.53 bits per heavy atom. The molecule has 0 amide bonds. The second-order valence-electron chi connectivity index (χ2n) is 3.92. The molecule has 1 fully saturated rings. The number of alkyl halides is 3. The van der Waals surface area contributed by atoms with Gasteiger partial charge in [-0.2, -0.15) is 34.3 Å². The largest absolute Gasteiger partial charge is 0.481 e. The molecule has 1 aromatic heterocycles. The number of thioether (sulfide) groups is 1. The van der Waals surface area contributed by atoms with Gasteiger partial charge in [-0.3, -0.25) is 4.79 Å². The lowest BCUT2D eigenvalue weighted by Crippen LogP contribution is -2.43. The van der Waals surface area contributed by atoms with E-state index in [1.165, 1.54) is 0 Å². The van der Waals surface area contributed by atoms with Gasteiger partial charge in [-0.1, -0.05) is 0 Å². The second kappa shape index (κ2) is 5.53. The van der Waals surface area contributed by atoms with Gasteiger partial charge in [-0.15, -0.1) is 0 Å². The van der Waals surface area contributed by atoms with E-state index in [1.54, 1.807) is 16.7 Å². The van der Waals surface area contributed by atoms with Crippen LogP contribution < -0.4 is 4.90 Å². The molecule has 0 radical (unpaired) electrons. The molecule has 1 saturated heterocycles. The molecule has 0 saturated carbocycles. The van der Waals surface area contributed by atoms with Crippen molar-refractivity contribution in [2.45, 2.75) is 18.6 Å². The summed E-state index contributed by atoms with van der Waals surface area (Å²) in [6.45, 7) is 0.481. The molecule has 0 aromatic carbocycles. The lowest BCUT2D eigenvalue weighted by molar-refractivity contribution is -0.144. The summed E-state index contributed by atoms with van der Waals surface area (Å²) >= 11 is 2.24. The summed E-state index contributed by atoms with van der Waals surface area (Å²) in [6.07, 6.45) is -4.69. The van der Waals surface area contributed by atoms with Crippen molar-refractivity contribution >= 4 is 34.4 Å². The minimum atomic E-state index is -4.57. The molecule has 1 aromatic rings. The van der Waals surface area contributed by atoms with Crippen molar-refractivity contribution < 1.29 is 23.1 Å². The van der Waals surface area contributed by atoms with Crippen LogP contribution in [0.2, 0.25) is 0 Å². The molecule has 2 rings (SSSR count). The van der Waals surface area contributed by atoms with E-state index in [2.05, 4.69) is 9.36 Å². The van der Waals surface area contributed by atoms with Gasteiger partial charge in [0.1, 0.15) is 0 Å². The number of anilines is 1. The highest BCUT2D eigenvalue weighted by Gasteiger charge is 2.37. The predicted octanol–water partition coefficient (Wildman–Crippen LogP) is 1.95. The van der Waals surface area contributed by atoms with Gasteiger partial charge >= 0.3 is 12.1 Å². The van der Waals surface area contributed by atoms with Crippen LogP contribution >= 0.6 is 23.3 Å². The van der Waals surface area contributed by atoms with E-state index >= 15 is 0 Å². The van der Waals surface area contributed by atoms with Crippen molar-refractivity contribution in [3.8, 4) is 0 Å². The smallest absolute Gasteiger partial charge is 0.452 e. The van der Waals surface area contributed by atoms with Gasteiger partial charge < -0.3 is 10.0 Å². The first-order valence-corrected chi connectivity index (χ1v) is 7.28. The molecule has 1 unspecified atom stereocenters. The Labute approximate surface area is 115 Å². The van der Waals surface area contributed by atoms with Crippen LogP contribution in [0.4, 0.5) is 18.3 Å². The Bertz CT molecular complexity index is 466. The zero-order chi connectivity index (χ0) is 14.0. The summed E-state index contributed by atoms with van der Waals surface area (Å²) in [5.41, 5.74) is 0. The van der Waals surface area contributed by atoms with Gasteiger partial charge in [-0.05, 0) is 0 Å². The molecule has 19 heavy (non-hydrogen) atoms. The van der Waals surface area contributed by atoms with Gasteiger partial charge in [0.15, 0.2) is 0 Å². The molecule has 1 aliphatic heterocycles. The Hall–Kier alpha value is -1.03. The van der Waals surface area contributed by atoms with E-state index in [-0.39, 0.29) is 17.6 Å². The topological polar surface area (TPSA) is 66.3 Å². The van der Waals surface area contributed by atoms with Crippen molar-refractivity contribution in [2.24, 2.45) is 0 Å². The number of hydrogen-bond acceptors (Lipinski definition) is 6. The first kappa shape index (κ1) is 14.4. The van der Waals surface area contributed by atoms with Crippen molar-refractivity contribution in [1.82, 2.24) is 9.36 Å². The van der Waals surface area contributed by atoms with Gasteiger partial charge in [-0.25, -0.2) is 0 Å². The van der Waals surface area contributed by atoms with Crippen LogP contribution in [-0.4, -0.2) is 44.5 Å². The molecule has 5 nitrogen and oxygen atoms in total. The van der Waals surface area contributed by atoms with E-state index in [1.807, 2.05) is 0 Å². The Morgan fingerprint density at radius 2 is 2.26 bits per heavy atom. The average molecular weight is 313 g/mol. The average Bonchev–Trinajstić information content (AvgIpc) is 2.77. The Balaban J connectivity index is 2.18. The zero-order valence-electron chi connectivity index (χ0n) is 9.55. The summed E-state index contributed by atoms with van der Waals surface area (Å²) < 4.78 is 40.6. The standard InChI is InChI=1S/C9H10F3N3O2S2/c10-9(11,12)7-13-8(19-14-7)15-1-2-18-4-5(15)3-6(16)17/h5H,1-4H2,(H,16,17). The fraction of sp³-hybridized carbons (Fsp3) is 0.667. The minimum Gasteiger partial charge on any atom is -0.481 e. The van der Waals surface area contributed by atoms with Gasteiger partial charge in [0.25, 0.3) is 0 Å². The van der Waals surface area contributed by atoms with Crippen LogP contribution in [0.3, 0.4) is 0 Å². The summed E-state index contributed by atoms with van der Waals surface area (Å²) in [7, 11) is 0. The lowest BCUT2D eigenvalue weighted by Gasteiger charge is -2.33. The molecule has 10 heteroatoms. The number of rotatable bonds is 3. The Kier molecular flexibility index (Phi) is 4.19. The first-order chi connectivity index (χ1) is 8.88. The van der Waals surface area contributed by atoms with Crippen molar-refractivity contribution in [2.75, 3.05) is 23.0 Å². The highest BCUT2D eigenvalue weighted by molar-refractivity contribution is 7.99. The molecular weight excluding hydrogens is 303 g/mol. The number of carboxylic acid groups (broad SMARTS) is 1. The normalized spacial score (nSPS) is 20.6. The van der Waals surface area contributed by atoms with Crippen molar-refractivity contribution in [3.63, 3.8) is 0 Å². The Morgan fingerprint density at radius 3 is 2.84 bits per heavy atom. The molecule has 1 N–H and O–H groups in total. The van der Waals surface area contributed by atoms with Crippen LogP contribution in [0, 0.1) is 0 Å². The molecule has 0 bridgehead atoms. The van der Waals surface area contributed by atoms with E-state index in [4.69, 9.17) is 5.11 Å². The fourth-order valence-electron chi connectivity index (χ4n) is 1.72. The summed E-state index contributed by atoms with van der Waals surface area (Å²) in [5.74, 6) is -0.845. The van der Waals surface area contributed by atoms with Crippen LogP contribution in [0.1, 0.15) is 12.2 Å². The summed E-state index contributed by atoms with van der Waals surface area (Å²) in [5, 5.41) is 8.95. The van der Waals surface area contributed by atoms with E-state index in [0.29, 0.717) is 23.8 Å². The number of nitrogens with zero attached hydrogens (tertiary/aromatic N) is 3. The third-order valence-electron chi connectivity index (χ3n) is 2.55. The first-order valence-electron chi connectivity index (χ1n) is 5.35. The van der Waals surface area contributed by atoms with Gasteiger partial charge in [0, 0.05) is 29.6 Å². The summed E-state index contributed by atoms with van der Waals surface area (Å²) in [4.78, 5) is 15.8. The van der Waals surface area contributed by atoms with Crippen LogP contribution in [0.25, 0.3) is 0 Å². The molecule has 0 spiro atoms. The molecule has 1 aliphatic rings. The van der Waals surface area contributed by atoms with E-state index in [0.717, 1.165) is 5.75 Å². The summed E-state index contributed by atoms with van der Waals surface area (Å²) in [6, 6.07) is -0.342. The van der Waals surface area contributed by atoms with Crippen molar-refractivity contribution in [3.05, 3.63) is 5.82 Å². The fourth-order valence-corrected chi connectivity index (χ4v) is 3.57. The number of halogens is 3. The van der Waals surface area contributed by atoms with Crippen molar-refractivity contribution in [1.29, 1.82) is 0 Å². The number of hydrogen-bond donors (Lipinski definition) is 1. The molecule has 2 heterocycles. The highest BCUT2D eigenvalue weighted by Crippen LogP contribution is 2.32. The van der Waals surface area contributed by atoms with E-state index < -0.39 is 18.0 Å². The third kappa shape index (κ3) is 3.50. The molecule has 0 aliphatic carbocycles. The number of aromatic nitrogens is 2. The molecular formula is C9H10F3N3O2S2. The third-order valence-corrected chi connectivity index (χ3v) is 4.40. The SMILES string of the molecule is O=C(O)CC1CSCCN1c1nc(C(F)(F)F)ns1. The quantitative estimate of drug-likeness (QED) is 0.920. The van der Waals surface area contributed by atoms with Crippen LogP contribution in [0.15, 0.2) is 0 Å².